The van der Waals surface area contributed by atoms with Crippen LogP contribution in [0.5, 0.6) is 0 Å². The smallest absolute Gasteiger partial charge is 0.0620 e. The van der Waals surface area contributed by atoms with Crippen LogP contribution < -0.4 is 31.8 Å². The average molecular weight is 727 g/mol. The standard InChI is InChI=1S/2C18H15P.C2H4.2ClH.Ru/c2*1-4-10-16(11-5-1)19(17-12-6-2-7-13-17)18-14-8-3-9-15-18;1-2;;;/h2*1-15H;1H,2H3;2*1H;/q;;;;;+2. The molecule has 0 saturated heterocycles. The van der Waals surface area contributed by atoms with Crippen molar-refractivity contribution in [2.45, 2.75) is 6.92 Å². The Bertz CT molecular complexity index is 1310. The molecule has 0 atom stereocenters. The van der Waals surface area contributed by atoms with E-state index in [4.69, 9.17) is 19.4 Å². The summed E-state index contributed by atoms with van der Waals surface area (Å²) in [6.07, 6.45) is 0. The van der Waals surface area contributed by atoms with Crippen LogP contribution in [-0.4, -0.2) is 4.61 Å². The van der Waals surface area contributed by atoms with Crippen molar-refractivity contribution in [3.8, 4) is 0 Å². The Balaban J connectivity index is 0.000000171. The zero-order chi connectivity index (χ0) is 30.1. The maximum Gasteiger partial charge on any atom is 0.102 e. The number of hydrogen-bond donors (Lipinski definition) is 0. The van der Waals surface area contributed by atoms with Crippen LogP contribution in [0.15, 0.2) is 182 Å². The van der Waals surface area contributed by atoms with Crippen LogP contribution in [-0.2, 0) is 13.5 Å². The Hall–Kier alpha value is -2.75. The monoisotopic (exact) mass is 726 g/mol. The van der Waals surface area contributed by atoms with Crippen LogP contribution in [0.1, 0.15) is 6.92 Å². The summed E-state index contributed by atoms with van der Waals surface area (Å²) < 4.78 is 1.84. The predicted molar refractivity (Wildman–Crippen MR) is 197 cm³/mol. The van der Waals surface area contributed by atoms with Crippen molar-refractivity contribution in [3.05, 3.63) is 182 Å². The van der Waals surface area contributed by atoms with E-state index in [0.29, 0.717) is 0 Å². The van der Waals surface area contributed by atoms with E-state index in [9.17, 15) is 0 Å². The van der Waals surface area contributed by atoms with Crippen LogP contribution in [0.4, 0.5) is 0 Å². The maximum atomic E-state index is 5.32. The van der Waals surface area contributed by atoms with Crippen LogP contribution in [0, 0.1) is 0 Å². The first-order valence-electron chi connectivity index (χ1n) is 14.0. The van der Waals surface area contributed by atoms with E-state index < -0.39 is 29.4 Å². The predicted octanol–water partition coefficient (Wildman–Crippen LogP) is 8.09. The number of rotatable bonds is 6. The molecule has 5 heteroatoms. The van der Waals surface area contributed by atoms with E-state index in [1.54, 1.807) is 0 Å². The van der Waals surface area contributed by atoms with Gasteiger partial charge >= 0.3 is 44.4 Å². The molecule has 0 radical (unpaired) electrons. The molecular formula is C38H36Cl2P2Ru+2. The molecule has 0 bridgehead atoms. The summed E-state index contributed by atoms with van der Waals surface area (Å²) in [5.74, 6) is 0. The minimum atomic E-state index is -1.36. The maximum absolute atomic E-state index is 5.32. The van der Waals surface area contributed by atoms with Crippen LogP contribution in [0.3, 0.4) is 0 Å². The normalized spacial score (nSPS) is 10.6. The molecule has 6 rings (SSSR count). The Morgan fingerprint density at radius 1 is 0.349 bits per heavy atom. The summed E-state index contributed by atoms with van der Waals surface area (Å²) in [4.78, 5) is 0. The number of benzene rings is 6. The summed E-state index contributed by atoms with van der Waals surface area (Å²) in [5, 5.41) is 8.61. The molecule has 43 heavy (non-hydrogen) atoms. The molecule has 6 aromatic rings. The van der Waals surface area contributed by atoms with E-state index >= 15 is 0 Å². The van der Waals surface area contributed by atoms with Gasteiger partial charge < -0.3 is 0 Å². The molecule has 0 spiro atoms. The number of hydrogen-bond acceptors (Lipinski definition) is 0. The first-order chi connectivity index (χ1) is 21.2. The van der Waals surface area contributed by atoms with Gasteiger partial charge in [-0.3, -0.25) is 0 Å². The van der Waals surface area contributed by atoms with Crippen LogP contribution >= 0.6 is 35.2 Å². The van der Waals surface area contributed by atoms with Crippen molar-refractivity contribution in [2.75, 3.05) is 0 Å². The van der Waals surface area contributed by atoms with E-state index in [-0.39, 0.29) is 0 Å². The molecule has 0 fully saturated rings. The van der Waals surface area contributed by atoms with Crippen molar-refractivity contribution in [2.24, 2.45) is 0 Å². The minimum Gasteiger partial charge on any atom is -0.0620 e. The second kappa shape index (κ2) is 18.8. The van der Waals surface area contributed by atoms with Gasteiger partial charge in [0.25, 0.3) is 0 Å². The Labute approximate surface area is 272 Å². The summed E-state index contributed by atoms with van der Waals surface area (Å²) in [6.45, 7) is 1.87. The van der Waals surface area contributed by atoms with Gasteiger partial charge in [-0.05, 0) is 72.8 Å². The third-order valence-electron chi connectivity index (χ3n) is 6.53. The molecular weight excluding hydrogens is 690 g/mol. The van der Waals surface area contributed by atoms with Crippen molar-refractivity contribution in [3.63, 3.8) is 0 Å². The van der Waals surface area contributed by atoms with Gasteiger partial charge in [-0.15, -0.1) is 0 Å². The molecule has 0 unspecified atom stereocenters. The zero-order valence-corrected chi connectivity index (χ0v) is 29.3. The van der Waals surface area contributed by atoms with Gasteiger partial charge in [-0.25, -0.2) is 0 Å². The summed E-state index contributed by atoms with van der Waals surface area (Å²) in [7, 11) is 8.88. The van der Waals surface area contributed by atoms with E-state index in [1.807, 2.05) is 11.5 Å². The molecule has 218 valence electrons. The van der Waals surface area contributed by atoms with Crippen molar-refractivity contribution in [1.82, 2.24) is 0 Å². The minimum absolute atomic E-state index is 0.877. The first-order valence-corrected chi connectivity index (χ1v) is 22.5. The quantitative estimate of drug-likeness (QED) is 0.120. The first kappa shape index (κ1) is 33.2. The molecule has 0 nitrogen and oxygen atoms in total. The summed E-state index contributed by atoms with van der Waals surface area (Å²) in [5.41, 5.74) is 0. The van der Waals surface area contributed by atoms with Gasteiger partial charge in [0.15, 0.2) is 0 Å². The summed E-state index contributed by atoms with van der Waals surface area (Å²) >= 11 is -1.36. The van der Waals surface area contributed by atoms with Crippen molar-refractivity contribution in [1.29, 1.82) is 0 Å². The molecule has 0 aromatic heterocycles. The molecule has 0 aliphatic heterocycles. The molecule has 0 amide bonds. The molecule has 0 N–H and O–H groups in total. The van der Waals surface area contributed by atoms with Crippen LogP contribution in [0.2, 0.25) is 0 Å². The molecule has 0 aliphatic carbocycles. The van der Waals surface area contributed by atoms with Gasteiger partial charge in [0.2, 0.25) is 0 Å². The Morgan fingerprint density at radius 2 is 0.488 bits per heavy atom. The summed E-state index contributed by atoms with van der Waals surface area (Å²) in [6, 6.07) is 65.0. The SMILES string of the molecule is C[CH]=[Ru]([Cl])[Cl].c1ccc([PH+](c2ccccc2)c2ccccc2)cc1.c1ccc([PH+](c2ccccc2)c2ccccc2)cc1. The molecule has 0 saturated carbocycles. The Kier molecular flexibility index (Phi) is 14.5. The third kappa shape index (κ3) is 10.7. The topological polar surface area (TPSA) is 0 Å². The van der Waals surface area contributed by atoms with Gasteiger partial charge in [0.1, 0.15) is 31.8 Å². The third-order valence-corrected chi connectivity index (χ3v) is 14.6. The van der Waals surface area contributed by atoms with Gasteiger partial charge in [0, 0.05) is 0 Å². The van der Waals surface area contributed by atoms with E-state index in [1.165, 1.54) is 31.8 Å². The van der Waals surface area contributed by atoms with Gasteiger partial charge in [-0.2, -0.15) is 0 Å². The average Bonchev–Trinajstić information content (AvgIpc) is 3.09. The zero-order valence-electron chi connectivity index (χ0n) is 24.0. The Morgan fingerprint density at radius 3 is 0.605 bits per heavy atom. The second-order valence-corrected chi connectivity index (χ2v) is 20.5. The number of halogens is 2. The molecule has 6 aromatic carbocycles. The van der Waals surface area contributed by atoms with Crippen molar-refractivity contribution >= 4 is 71.7 Å². The molecule has 0 heterocycles. The van der Waals surface area contributed by atoms with Gasteiger partial charge in [0.05, 0.1) is 15.8 Å². The largest absolute Gasteiger partial charge is 0.102 e. The fraction of sp³-hybridized carbons (Fsp3) is 0.0263. The fourth-order valence-electron chi connectivity index (χ4n) is 4.63. The molecule has 0 aliphatic rings. The second-order valence-electron chi connectivity index (χ2n) is 9.36. The van der Waals surface area contributed by atoms with Crippen molar-refractivity contribution < 1.29 is 13.5 Å². The van der Waals surface area contributed by atoms with E-state index in [2.05, 4.69) is 182 Å². The van der Waals surface area contributed by atoms with E-state index in [0.717, 1.165) is 0 Å². The van der Waals surface area contributed by atoms with Crippen LogP contribution in [0.25, 0.3) is 0 Å². The van der Waals surface area contributed by atoms with Gasteiger partial charge in [-0.1, -0.05) is 109 Å². The fourth-order valence-corrected chi connectivity index (χ4v) is 9.78.